The van der Waals surface area contributed by atoms with E-state index in [9.17, 15) is 0 Å². The average Bonchev–Trinajstić information content (AvgIpc) is 2.32. The van der Waals surface area contributed by atoms with Crippen LogP contribution in [0.4, 0.5) is 0 Å². The Hall–Kier alpha value is -0.440. The molecule has 0 aliphatic heterocycles. The van der Waals surface area contributed by atoms with Crippen molar-refractivity contribution in [2.75, 3.05) is 13.2 Å². The SMILES string of the molecule is CCCCCCOc1c(Cl)cc(Cl)cc1CCN. The molecular weight excluding hydrogens is 269 g/mol. The number of hydrogen-bond donors (Lipinski definition) is 1. The highest BCUT2D eigenvalue weighted by molar-refractivity contribution is 6.35. The van der Waals surface area contributed by atoms with E-state index in [0.717, 1.165) is 24.2 Å². The molecule has 0 aliphatic carbocycles. The molecule has 102 valence electrons. The van der Waals surface area contributed by atoms with Crippen LogP contribution < -0.4 is 10.5 Å². The van der Waals surface area contributed by atoms with E-state index < -0.39 is 0 Å². The molecule has 1 aromatic carbocycles. The monoisotopic (exact) mass is 289 g/mol. The maximum atomic E-state index is 6.16. The molecule has 0 atom stereocenters. The quantitative estimate of drug-likeness (QED) is 0.718. The van der Waals surface area contributed by atoms with Gasteiger partial charge in [0.05, 0.1) is 11.6 Å². The van der Waals surface area contributed by atoms with Gasteiger partial charge in [-0.05, 0) is 37.1 Å². The molecule has 0 heterocycles. The highest BCUT2D eigenvalue weighted by Crippen LogP contribution is 2.32. The molecule has 18 heavy (non-hydrogen) atoms. The van der Waals surface area contributed by atoms with Gasteiger partial charge in [0.25, 0.3) is 0 Å². The number of halogens is 2. The van der Waals surface area contributed by atoms with Crippen LogP contribution in [0.15, 0.2) is 12.1 Å². The number of ether oxygens (including phenoxy) is 1. The molecule has 2 N–H and O–H groups in total. The molecule has 0 bridgehead atoms. The first-order valence-electron chi connectivity index (χ1n) is 6.49. The van der Waals surface area contributed by atoms with Gasteiger partial charge in [-0.2, -0.15) is 0 Å². The molecule has 0 spiro atoms. The molecular formula is C14H21Cl2NO. The van der Waals surface area contributed by atoms with Gasteiger partial charge in [-0.25, -0.2) is 0 Å². The zero-order valence-corrected chi connectivity index (χ0v) is 12.4. The van der Waals surface area contributed by atoms with Crippen molar-refractivity contribution in [1.82, 2.24) is 0 Å². The Morgan fingerprint density at radius 2 is 1.94 bits per heavy atom. The molecule has 2 nitrogen and oxygen atoms in total. The minimum Gasteiger partial charge on any atom is -0.492 e. The summed E-state index contributed by atoms with van der Waals surface area (Å²) in [4.78, 5) is 0. The molecule has 1 aromatic rings. The van der Waals surface area contributed by atoms with E-state index in [0.29, 0.717) is 23.2 Å². The Morgan fingerprint density at radius 3 is 2.61 bits per heavy atom. The first kappa shape index (κ1) is 15.6. The van der Waals surface area contributed by atoms with Crippen molar-refractivity contribution in [2.45, 2.75) is 39.0 Å². The molecule has 0 aromatic heterocycles. The van der Waals surface area contributed by atoms with Crippen LogP contribution in [0.2, 0.25) is 10.0 Å². The predicted molar refractivity (Wildman–Crippen MR) is 78.9 cm³/mol. The van der Waals surface area contributed by atoms with Gasteiger partial charge in [0.1, 0.15) is 5.75 Å². The molecule has 0 fully saturated rings. The molecule has 0 saturated heterocycles. The average molecular weight is 290 g/mol. The van der Waals surface area contributed by atoms with Gasteiger partial charge in [-0.15, -0.1) is 0 Å². The number of hydrogen-bond acceptors (Lipinski definition) is 2. The van der Waals surface area contributed by atoms with Crippen molar-refractivity contribution < 1.29 is 4.74 Å². The molecule has 0 unspecified atom stereocenters. The van der Waals surface area contributed by atoms with Crippen LogP contribution >= 0.6 is 23.2 Å². The maximum absolute atomic E-state index is 6.16. The maximum Gasteiger partial charge on any atom is 0.141 e. The Kier molecular flexibility index (Phi) is 7.48. The van der Waals surface area contributed by atoms with E-state index in [-0.39, 0.29) is 0 Å². The Labute approximate surface area is 119 Å². The summed E-state index contributed by atoms with van der Waals surface area (Å²) in [6.07, 6.45) is 5.43. The van der Waals surface area contributed by atoms with Crippen LogP contribution in [0, 0.1) is 0 Å². The lowest BCUT2D eigenvalue weighted by atomic mass is 10.1. The highest BCUT2D eigenvalue weighted by Gasteiger charge is 2.10. The summed E-state index contributed by atoms with van der Waals surface area (Å²) in [6.45, 7) is 3.44. The summed E-state index contributed by atoms with van der Waals surface area (Å²) < 4.78 is 5.78. The highest BCUT2D eigenvalue weighted by atomic mass is 35.5. The molecule has 0 radical (unpaired) electrons. The van der Waals surface area contributed by atoms with Crippen LogP contribution in [0.1, 0.15) is 38.2 Å². The fraction of sp³-hybridized carbons (Fsp3) is 0.571. The Morgan fingerprint density at radius 1 is 1.17 bits per heavy atom. The zero-order chi connectivity index (χ0) is 13.4. The van der Waals surface area contributed by atoms with Crippen LogP contribution in [0.3, 0.4) is 0 Å². The summed E-state index contributed by atoms with van der Waals surface area (Å²) in [5.74, 6) is 0.739. The minimum absolute atomic E-state index is 0.558. The molecule has 4 heteroatoms. The van der Waals surface area contributed by atoms with Crippen LogP contribution in [-0.4, -0.2) is 13.2 Å². The van der Waals surface area contributed by atoms with E-state index in [1.165, 1.54) is 19.3 Å². The second-order valence-corrected chi connectivity index (χ2v) is 5.17. The number of rotatable bonds is 8. The molecule has 0 aliphatic rings. The van der Waals surface area contributed by atoms with Gasteiger partial charge in [-0.3, -0.25) is 0 Å². The van der Waals surface area contributed by atoms with Gasteiger partial charge in [0.2, 0.25) is 0 Å². The zero-order valence-electron chi connectivity index (χ0n) is 10.8. The third-order valence-corrected chi connectivity index (χ3v) is 3.24. The minimum atomic E-state index is 0.558. The van der Waals surface area contributed by atoms with Crippen molar-refractivity contribution >= 4 is 23.2 Å². The second-order valence-electron chi connectivity index (χ2n) is 4.32. The van der Waals surface area contributed by atoms with Crippen molar-refractivity contribution in [3.8, 4) is 5.75 Å². The van der Waals surface area contributed by atoms with Crippen molar-refractivity contribution in [2.24, 2.45) is 5.73 Å². The standard InChI is InChI=1S/C14H21Cl2NO/c1-2-3-4-5-8-18-14-11(6-7-17)9-12(15)10-13(14)16/h9-10H,2-8,17H2,1H3. The van der Waals surface area contributed by atoms with Gasteiger partial charge in [0, 0.05) is 5.02 Å². The summed E-state index contributed by atoms with van der Waals surface area (Å²) in [5.41, 5.74) is 6.57. The fourth-order valence-corrected chi connectivity index (χ4v) is 2.41. The molecule has 0 saturated carbocycles. The van der Waals surface area contributed by atoms with Gasteiger partial charge in [0.15, 0.2) is 0 Å². The Balaban J connectivity index is 2.62. The van der Waals surface area contributed by atoms with E-state index in [2.05, 4.69) is 6.92 Å². The number of benzene rings is 1. The van der Waals surface area contributed by atoms with Crippen molar-refractivity contribution in [1.29, 1.82) is 0 Å². The fourth-order valence-electron chi connectivity index (χ4n) is 1.82. The Bertz CT molecular complexity index is 369. The molecule has 0 amide bonds. The van der Waals surface area contributed by atoms with Gasteiger partial charge >= 0.3 is 0 Å². The second kappa shape index (κ2) is 8.63. The van der Waals surface area contributed by atoms with Crippen LogP contribution in [0.5, 0.6) is 5.75 Å². The number of nitrogens with two attached hydrogens (primary N) is 1. The first-order chi connectivity index (χ1) is 8.69. The van der Waals surface area contributed by atoms with E-state index in [1.54, 1.807) is 6.07 Å². The van der Waals surface area contributed by atoms with Gasteiger partial charge < -0.3 is 10.5 Å². The van der Waals surface area contributed by atoms with E-state index in [1.807, 2.05) is 6.07 Å². The number of unbranched alkanes of at least 4 members (excludes halogenated alkanes) is 3. The third kappa shape index (κ3) is 5.05. The lowest BCUT2D eigenvalue weighted by molar-refractivity contribution is 0.302. The molecule has 1 rings (SSSR count). The smallest absolute Gasteiger partial charge is 0.141 e. The summed E-state index contributed by atoms with van der Waals surface area (Å²) >= 11 is 12.1. The van der Waals surface area contributed by atoms with E-state index in [4.69, 9.17) is 33.7 Å². The van der Waals surface area contributed by atoms with Crippen molar-refractivity contribution in [3.63, 3.8) is 0 Å². The summed E-state index contributed by atoms with van der Waals surface area (Å²) in [7, 11) is 0. The van der Waals surface area contributed by atoms with Gasteiger partial charge in [-0.1, -0.05) is 49.4 Å². The van der Waals surface area contributed by atoms with Crippen LogP contribution in [0.25, 0.3) is 0 Å². The summed E-state index contributed by atoms with van der Waals surface area (Å²) in [6, 6.07) is 3.59. The first-order valence-corrected chi connectivity index (χ1v) is 7.25. The normalized spacial score (nSPS) is 10.7. The predicted octanol–water partition coefficient (Wildman–Crippen LogP) is 4.45. The van der Waals surface area contributed by atoms with Crippen LogP contribution in [-0.2, 0) is 6.42 Å². The lowest BCUT2D eigenvalue weighted by Gasteiger charge is -2.13. The third-order valence-electron chi connectivity index (χ3n) is 2.74. The van der Waals surface area contributed by atoms with E-state index >= 15 is 0 Å². The lowest BCUT2D eigenvalue weighted by Crippen LogP contribution is -2.06. The largest absolute Gasteiger partial charge is 0.492 e. The summed E-state index contributed by atoms with van der Waals surface area (Å²) in [5, 5.41) is 1.20. The van der Waals surface area contributed by atoms with Crippen molar-refractivity contribution in [3.05, 3.63) is 27.7 Å². The topological polar surface area (TPSA) is 35.2 Å².